The standard InChI is InChI=1S/C14H21/c1-3-5-9-13-11-7-8-12-14(13)10-6-4-2/h3-6H,1,7-12H2,2H3. The lowest BCUT2D eigenvalue weighted by Gasteiger charge is -2.18. The maximum absolute atomic E-state index is 3.74. The lowest BCUT2D eigenvalue weighted by atomic mass is 9.88. The Labute approximate surface area is 88.4 Å². The Morgan fingerprint density at radius 2 is 1.64 bits per heavy atom. The molecule has 0 heterocycles. The van der Waals surface area contributed by atoms with Crippen molar-refractivity contribution >= 4 is 0 Å². The number of hydrogen-bond donors (Lipinski definition) is 0. The molecule has 0 N–H and O–H groups in total. The Morgan fingerprint density at radius 3 is 2.14 bits per heavy atom. The highest BCUT2D eigenvalue weighted by atomic mass is 14.2. The molecule has 0 fully saturated rings. The summed E-state index contributed by atoms with van der Waals surface area (Å²) in [6, 6.07) is 0. The molecule has 0 spiro atoms. The van der Waals surface area contributed by atoms with Crippen molar-refractivity contribution in [3.63, 3.8) is 0 Å². The van der Waals surface area contributed by atoms with Gasteiger partial charge in [0, 0.05) is 0 Å². The molecular formula is C14H21. The molecule has 0 saturated carbocycles. The maximum atomic E-state index is 3.74. The first-order chi connectivity index (χ1) is 6.88. The molecule has 77 valence electrons. The van der Waals surface area contributed by atoms with Crippen LogP contribution in [0.2, 0.25) is 0 Å². The van der Waals surface area contributed by atoms with Gasteiger partial charge >= 0.3 is 0 Å². The SMILES string of the molecule is [CH2]C=CCC1=C(CC=CC)CCCC1. The van der Waals surface area contributed by atoms with E-state index in [4.69, 9.17) is 0 Å². The van der Waals surface area contributed by atoms with Crippen LogP contribution < -0.4 is 0 Å². The van der Waals surface area contributed by atoms with Gasteiger partial charge < -0.3 is 0 Å². The van der Waals surface area contributed by atoms with E-state index >= 15 is 0 Å². The molecule has 0 atom stereocenters. The van der Waals surface area contributed by atoms with E-state index in [1.807, 2.05) is 6.08 Å². The first-order valence-corrected chi connectivity index (χ1v) is 5.63. The average molecular weight is 189 g/mol. The van der Waals surface area contributed by atoms with Crippen molar-refractivity contribution in [1.29, 1.82) is 0 Å². The van der Waals surface area contributed by atoms with Crippen molar-refractivity contribution in [2.75, 3.05) is 0 Å². The van der Waals surface area contributed by atoms with Gasteiger partial charge in [0.25, 0.3) is 0 Å². The van der Waals surface area contributed by atoms with Crippen LogP contribution in [-0.4, -0.2) is 0 Å². The van der Waals surface area contributed by atoms with Crippen molar-refractivity contribution in [3.05, 3.63) is 42.4 Å². The molecule has 14 heavy (non-hydrogen) atoms. The normalized spacial score (nSPS) is 18.7. The molecule has 0 heteroatoms. The van der Waals surface area contributed by atoms with Crippen LogP contribution in [0.1, 0.15) is 45.4 Å². The minimum atomic E-state index is 1.12. The van der Waals surface area contributed by atoms with Crippen LogP contribution in [0.4, 0.5) is 0 Å². The van der Waals surface area contributed by atoms with E-state index in [0.29, 0.717) is 0 Å². The predicted molar refractivity (Wildman–Crippen MR) is 64.0 cm³/mol. The third kappa shape index (κ3) is 3.53. The monoisotopic (exact) mass is 189 g/mol. The highest BCUT2D eigenvalue weighted by Crippen LogP contribution is 2.29. The summed E-state index contributed by atoms with van der Waals surface area (Å²) in [5.41, 5.74) is 3.33. The van der Waals surface area contributed by atoms with Gasteiger partial charge in [0.1, 0.15) is 0 Å². The van der Waals surface area contributed by atoms with E-state index in [0.717, 1.165) is 12.8 Å². The lowest BCUT2D eigenvalue weighted by molar-refractivity contribution is 0.652. The molecule has 0 aromatic carbocycles. The summed E-state index contributed by atoms with van der Waals surface area (Å²) >= 11 is 0. The molecule has 1 rings (SSSR count). The first-order valence-electron chi connectivity index (χ1n) is 5.63. The van der Waals surface area contributed by atoms with E-state index in [1.54, 1.807) is 11.1 Å². The van der Waals surface area contributed by atoms with Crippen molar-refractivity contribution < 1.29 is 0 Å². The molecule has 1 aliphatic carbocycles. The van der Waals surface area contributed by atoms with Crippen LogP contribution in [0.15, 0.2) is 35.5 Å². The molecule has 1 aliphatic rings. The Bertz CT molecular complexity index is 215. The summed E-state index contributed by atoms with van der Waals surface area (Å²) < 4.78 is 0. The highest BCUT2D eigenvalue weighted by molar-refractivity contribution is 5.22. The van der Waals surface area contributed by atoms with Crippen LogP contribution in [0, 0.1) is 6.92 Å². The van der Waals surface area contributed by atoms with Gasteiger partial charge in [-0.05, 0) is 52.4 Å². The Morgan fingerprint density at radius 1 is 1.07 bits per heavy atom. The summed E-state index contributed by atoms with van der Waals surface area (Å²) in [6.07, 6.45) is 16.2. The first kappa shape index (κ1) is 11.3. The van der Waals surface area contributed by atoms with Crippen LogP contribution in [0.3, 0.4) is 0 Å². The third-order valence-electron chi connectivity index (χ3n) is 2.84. The topological polar surface area (TPSA) is 0 Å². The van der Waals surface area contributed by atoms with E-state index < -0.39 is 0 Å². The van der Waals surface area contributed by atoms with Crippen molar-refractivity contribution in [2.24, 2.45) is 0 Å². The van der Waals surface area contributed by atoms with Crippen LogP contribution in [-0.2, 0) is 0 Å². The number of rotatable bonds is 4. The molecule has 1 radical (unpaired) electrons. The van der Waals surface area contributed by atoms with Crippen molar-refractivity contribution in [2.45, 2.75) is 45.4 Å². The Kier molecular flexibility index (Phi) is 5.36. The van der Waals surface area contributed by atoms with E-state index in [1.165, 1.54) is 25.7 Å². The average Bonchev–Trinajstić information content (AvgIpc) is 2.24. The molecule has 0 unspecified atom stereocenters. The maximum Gasteiger partial charge on any atom is -0.0136 e. The number of hydrogen-bond acceptors (Lipinski definition) is 0. The Balaban J connectivity index is 2.63. The summed E-state index contributed by atoms with van der Waals surface area (Å²) in [4.78, 5) is 0. The third-order valence-corrected chi connectivity index (χ3v) is 2.84. The highest BCUT2D eigenvalue weighted by Gasteiger charge is 2.09. The van der Waals surface area contributed by atoms with Gasteiger partial charge in [-0.25, -0.2) is 0 Å². The van der Waals surface area contributed by atoms with Gasteiger partial charge in [0.15, 0.2) is 0 Å². The quantitative estimate of drug-likeness (QED) is 0.567. The molecule has 0 aromatic heterocycles. The fourth-order valence-corrected chi connectivity index (χ4v) is 2.01. The second-order valence-corrected chi connectivity index (χ2v) is 3.86. The predicted octanol–water partition coefficient (Wildman–Crippen LogP) is 4.60. The van der Waals surface area contributed by atoms with Crippen LogP contribution in [0.5, 0.6) is 0 Å². The lowest BCUT2D eigenvalue weighted by Crippen LogP contribution is -1.98. The van der Waals surface area contributed by atoms with Gasteiger partial charge in [-0.1, -0.05) is 35.5 Å². The fraction of sp³-hybridized carbons (Fsp3) is 0.500. The van der Waals surface area contributed by atoms with Gasteiger partial charge in [-0.3, -0.25) is 0 Å². The molecule has 0 nitrogen and oxygen atoms in total. The zero-order chi connectivity index (χ0) is 10.2. The molecule has 0 amide bonds. The van der Waals surface area contributed by atoms with Crippen LogP contribution >= 0.6 is 0 Å². The minimum Gasteiger partial charge on any atom is -0.0913 e. The molecule has 0 aliphatic heterocycles. The van der Waals surface area contributed by atoms with Crippen LogP contribution in [0.25, 0.3) is 0 Å². The fourth-order valence-electron chi connectivity index (χ4n) is 2.01. The zero-order valence-electron chi connectivity index (χ0n) is 9.26. The Hall–Kier alpha value is -0.780. The smallest absolute Gasteiger partial charge is 0.0136 e. The van der Waals surface area contributed by atoms with E-state index in [-0.39, 0.29) is 0 Å². The summed E-state index contributed by atoms with van der Waals surface area (Å²) in [5.74, 6) is 0. The molecule has 0 bridgehead atoms. The van der Waals surface area contributed by atoms with Gasteiger partial charge in [0.2, 0.25) is 0 Å². The van der Waals surface area contributed by atoms with Crippen molar-refractivity contribution in [3.8, 4) is 0 Å². The molecule has 0 aromatic rings. The number of allylic oxidation sites excluding steroid dienone is 6. The summed E-state index contributed by atoms with van der Waals surface area (Å²) in [7, 11) is 0. The molecule has 0 saturated heterocycles. The zero-order valence-corrected chi connectivity index (χ0v) is 9.26. The van der Waals surface area contributed by atoms with E-state index in [2.05, 4.69) is 32.1 Å². The second-order valence-electron chi connectivity index (χ2n) is 3.86. The van der Waals surface area contributed by atoms with Gasteiger partial charge in [-0.2, -0.15) is 0 Å². The van der Waals surface area contributed by atoms with Crippen molar-refractivity contribution in [1.82, 2.24) is 0 Å². The summed E-state index contributed by atoms with van der Waals surface area (Å²) in [6.45, 7) is 5.84. The second kappa shape index (κ2) is 6.64. The summed E-state index contributed by atoms with van der Waals surface area (Å²) in [5, 5.41) is 0. The van der Waals surface area contributed by atoms with Gasteiger partial charge in [-0.15, -0.1) is 0 Å². The molecular weight excluding hydrogens is 168 g/mol. The minimum absolute atomic E-state index is 1.12. The van der Waals surface area contributed by atoms with E-state index in [9.17, 15) is 0 Å². The largest absolute Gasteiger partial charge is 0.0913 e. The van der Waals surface area contributed by atoms with Gasteiger partial charge in [0.05, 0.1) is 0 Å².